The van der Waals surface area contributed by atoms with Crippen LogP contribution >= 0.6 is 11.6 Å². The largest absolute Gasteiger partial charge is 0.313 e. The zero-order valence-corrected chi connectivity index (χ0v) is 12.1. The lowest BCUT2D eigenvalue weighted by Gasteiger charge is -2.09. The molecule has 1 aromatic carbocycles. The van der Waals surface area contributed by atoms with Gasteiger partial charge in [0.2, 0.25) is 0 Å². The van der Waals surface area contributed by atoms with E-state index in [9.17, 15) is 0 Å². The summed E-state index contributed by atoms with van der Waals surface area (Å²) in [7, 11) is 0. The Labute approximate surface area is 123 Å². The van der Waals surface area contributed by atoms with Gasteiger partial charge in [-0.15, -0.1) is 0 Å². The number of rotatable bonds is 4. The molecule has 3 rings (SSSR count). The summed E-state index contributed by atoms with van der Waals surface area (Å²) in [4.78, 5) is 4.31. The highest BCUT2D eigenvalue weighted by Crippen LogP contribution is 2.26. The van der Waals surface area contributed by atoms with Gasteiger partial charge in [0.25, 0.3) is 0 Å². The Kier molecular flexibility index (Phi) is 3.72. The SMILES string of the molecule is CCNCc1ccc(-c2cccc3nccn23)cc1Cl. The van der Waals surface area contributed by atoms with E-state index in [1.807, 2.05) is 24.4 Å². The molecule has 0 fully saturated rings. The standard InChI is InChI=1S/C16H16ClN3/c1-2-18-11-13-7-6-12(10-14(13)17)15-4-3-5-16-19-8-9-20(15)16/h3-10,18H,2,11H2,1H3. The van der Waals surface area contributed by atoms with Crippen LogP contribution in [0, 0.1) is 0 Å². The molecule has 20 heavy (non-hydrogen) atoms. The van der Waals surface area contributed by atoms with Crippen LogP contribution in [0.15, 0.2) is 48.8 Å². The van der Waals surface area contributed by atoms with E-state index in [-0.39, 0.29) is 0 Å². The van der Waals surface area contributed by atoms with Gasteiger partial charge in [0.05, 0.1) is 5.69 Å². The average Bonchev–Trinajstić information content (AvgIpc) is 2.94. The van der Waals surface area contributed by atoms with E-state index in [1.54, 1.807) is 6.20 Å². The lowest BCUT2D eigenvalue weighted by atomic mass is 10.1. The van der Waals surface area contributed by atoms with Gasteiger partial charge in [-0.05, 0) is 30.3 Å². The molecule has 0 unspecified atom stereocenters. The third-order valence-electron chi connectivity index (χ3n) is 3.34. The van der Waals surface area contributed by atoms with E-state index in [0.717, 1.165) is 40.6 Å². The number of fused-ring (bicyclic) bond motifs is 1. The van der Waals surface area contributed by atoms with Crippen LogP contribution in [0.4, 0.5) is 0 Å². The fraction of sp³-hybridized carbons (Fsp3) is 0.188. The smallest absolute Gasteiger partial charge is 0.137 e. The van der Waals surface area contributed by atoms with E-state index in [1.165, 1.54) is 0 Å². The number of benzene rings is 1. The van der Waals surface area contributed by atoms with Gasteiger partial charge in [0, 0.05) is 29.5 Å². The van der Waals surface area contributed by atoms with Crippen LogP contribution in [0.1, 0.15) is 12.5 Å². The number of halogens is 1. The number of hydrogen-bond donors (Lipinski definition) is 1. The van der Waals surface area contributed by atoms with Gasteiger partial charge in [-0.25, -0.2) is 4.98 Å². The van der Waals surface area contributed by atoms with Crippen molar-refractivity contribution in [2.24, 2.45) is 0 Å². The molecule has 0 atom stereocenters. The quantitative estimate of drug-likeness (QED) is 0.791. The number of hydrogen-bond acceptors (Lipinski definition) is 2. The lowest BCUT2D eigenvalue weighted by molar-refractivity contribution is 0.727. The van der Waals surface area contributed by atoms with Gasteiger partial charge in [-0.3, -0.25) is 4.40 Å². The van der Waals surface area contributed by atoms with Gasteiger partial charge in [-0.2, -0.15) is 0 Å². The van der Waals surface area contributed by atoms with Crippen molar-refractivity contribution in [2.45, 2.75) is 13.5 Å². The Morgan fingerprint density at radius 3 is 2.95 bits per heavy atom. The number of imidazole rings is 1. The van der Waals surface area contributed by atoms with Crippen molar-refractivity contribution in [3.05, 3.63) is 59.4 Å². The molecule has 0 bridgehead atoms. The minimum atomic E-state index is 0.792. The van der Waals surface area contributed by atoms with Crippen molar-refractivity contribution in [3.8, 4) is 11.3 Å². The Hall–Kier alpha value is -1.84. The summed E-state index contributed by atoms with van der Waals surface area (Å²) in [6.07, 6.45) is 3.77. The second-order valence-electron chi connectivity index (χ2n) is 4.65. The Bertz CT molecular complexity index is 733. The first-order valence-corrected chi connectivity index (χ1v) is 7.09. The maximum Gasteiger partial charge on any atom is 0.137 e. The zero-order chi connectivity index (χ0) is 13.9. The summed E-state index contributed by atoms with van der Waals surface area (Å²) in [6.45, 7) is 3.82. The number of aromatic nitrogens is 2. The Morgan fingerprint density at radius 1 is 1.25 bits per heavy atom. The molecule has 0 saturated heterocycles. The monoisotopic (exact) mass is 285 g/mol. The Morgan fingerprint density at radius 2 is 2.15 bits per heavy atom. The van der Waals surface area contributed by atoms with Gasteiger partial charge >= 0.3 is 0 Å². The number of pyridine rings is 1. The van der Waals surface area contributed by atoms with Crippen molar-refractivity contribution < 1.29 is 0 Å². The first kappa shape index (κ1) is 13.2. The molecule has 0 aliphatic rings. The molecule has 1 N–H and O–H groups in total. The predicted molar refractivity (Wildman–Crippen MR) is 83.0 cm³/mol. The molecule has 0 radical (unpaired) electrons. The molecule has 0 aliphatic heterocycles. The lowest BCUT2D eigenvalue weighted by Crippen LogP contribution is -2.11. The van der Waals surface area contributed by atoms with Gasteiger partial charge < -0.3 is 5.32 Å². The van der Waals surface area contributed by atoms with E-state index < -0.39 is 0 Å². The average molecular weight is 286 g/mol. The van der Waals surface area contributed by atoms with E-state index in [2.05, 4.69) is 39.8 Å². The summed E-state index contributed by atoms with van der Waals surface area (Å²) in [5.41, 5.74) is 4.25. The summed E-state index contributed by atoms with van der Waals surface area (Å²) < 4.78 is 2.07. The molecule has 0 saturated carbocycles. The summed E-state index contributed by atoms with van der Waals surface area (Å²) >= 11 is 6.38. The molecule has 2 heterocycles. The van der Waals surface area contributed by atoms with Crippen LogP contribution < -0.4 is 5.32 Å². The fourth-order valence-corrected chi connectivity index (χ4v) is 2.54. The summed E-state index contributed by atoms with van der Waals surface area (Å²) in [5, 5.41) is 4.08. The van der Waals surface area contributed by atoms with Gasteiger partial charge in [0.15, 0.2) is 0 Å². The third kappa shape index (κ3) is 2.42. The minimum absolute atomic E-state index is 0.792. The topological polar surface area (TPSA) is 29.3 Å². The zero-order valence-electron chi connectivity index (χ0n) is 11.3. The van der Waals surface area contributed by atoms with Crippen LogP contribution in [0.2, 0.25) is 5.02 Å². The van der Waals surface area contributed by atoms with Crippen molar-refractivity contribution in [1.82, 2.24) is 14.7 Å². The van der Waals surface area contributed by atoms with Crippen LogP contribution in [-0.2, 0) is 6.54 Å². The van der Waals surface area contributed by atoms with Crippen LogP contribution in [-0.4, -0.2) is 15.9 Å². The van der Waals surface area contributed by atoms with Crippen LogP contribution in [0.5, 0.6) is 0 Å². The summed E-state index contributed by atoms with van der Waals surface area (Å²) in [6, 6.07) is 12.3. The van der Waals surface area contributed by atoms with Crippen molar-refractivity contribution in [2.75, 3.05) is 6.54 Å². The van der Waals surface area contributed by atoms with Gasteiger partial charge in [0.1, 0.15) is 5.65 Å². The molecule has 2 aromatic heterocycles. The number of nitrogens with zero attached hydrogens (tertiary/aromatic N) is 2. The molecule has 3 nitrogen and oxygen atoms in total. The Balaban J connectivity index is 2.02. The first-order chi connectivity index (χ1) is 9.79. The molecule has 0 aliphatic carbocycles. The van der Waals surface area contributed by atoms with E-state index >= 15 is 0 Å². The van der Waals surface area contributed by atoms with Crippen molar-refractivity contribution in [1.29, 1.82) is 0 Å². The minimum Gasteiger partial charge on any atom is -0.313 e. The second-order valence-corrected chi connectivity index (χ2v) is 5.06. The molecular formula is C16H16ClN3. The summed E-state index contributed by atoms with van der Waals surface area (Å²) in [5.74, 6) is 0. The maximum absolute atomic E-state index is 6.38. The predicted octanol–water partition coefficient (Wildman–Crippen LogP) is 3.76. The van der Waals surface area contributed by atoms with Crippen molar-refractivity contribution in [3.63, 3.8) is 0 Å². The van der Waals surface area contributed by atoms with Crippen LogP contribution in [0.25, 0.3) is 16.9 Å². The molecule has 102 valence electrons. The molecule has 3 aromatic rings. The van der Waals surface area contributed by atoms with E-state index in [4.69, 9.17) is 11.6 Å². The highest BCUT2D eigenvalue weighted by molar-refractivity contribution is 6.31. The normalized spacial score (nSPS) is 11.1. The van der Waals surface area contributed by atoms with Crippen LogP contribution in [0.3, 0.4) is 0 Å². The highest BCUT2D eigenvalue weighted by Gasteiger charge is 2.06. The molecule has 0 spiro atoms. The maximum atomic E-state index is 6.38. The van der Waals surface area contributed by atoms with E-state index in [0.29, 0.717) is 0 Å². The van der Waals surface area contributed by atoms with Crippen molar-refractivity contribution >= 4 is 17.2 Å². The highest BCUT2D eigenvalue weighted by atomic mass is 35.5. The fourth-order valence-electron chi connectivity index (χ4n) is 2.29. The number of nitrogens with one attached hydrogen (secondary N) is 1. The third-order valence-corrected chi connectivity index (χ3v) is 3.69. The first-order valence-electron chi connectivity index (χ1n) is 6.71. The second kappa shape index (κ2) is 5.65. The molecule has 0 amide bonds. The molecular weight excluding hydrogens is 270 g/mol. The van der Waals surface area contributed by atoms with Gasteiger partial charge in [-0.1, -0.05) is 36.7 Å². The molecule has 4 heteroatoms.